The Morgan fingerprint density at radius 1 is 1.00 bits per heavy atom. The van der Waals surface area contributed by atoms with Gasteiger partial charge in [0.1, 0.15) is 0 Å². The minimum atomic E-state index is -3.64. The van der Waals surface area contributed by atoms with E-state index >= 15 is 0 Å². The Morgan fingerprint density at radius 2 is 1.61 bits per heavy atom. The van der Waals surface area contributed by atoms with Crippen molar-refractivity contribution < 1.29 is 13.2 Å². The molecule has 0 saturated heterocycles. The Hall–Kier alpha value is -2.60. The molecule has 0 atom stereocenters. The predicted octanol–water partition coefficient (Wildman–Crippen LogP) is 2.53. The quantitative estimate of drug-likeness (QED) is 0.803. The molecule has 23 heavy (non-hydrogen) atoms. The van der Waals surface area contributed by atoms with E-state index in [4.69, 9.17) is 0 Å². The molecule has 0 radical (unpaired) electrons. The second-order valence-corrected chi connectivity index (χ2v) is 7.12. The molecular formula is C17H16N2O3S. The lowest BCUT2D eigenvalue weighted by Crippen LogP contribution is -2.29. The van der Waals surface area contributed by atoms with Crippen LogP contribution in [0.3, 0.4) is 0 Å². The Balaban J connectivity index is 2.32. The minimum absolute atomic E-state index is 0.361. The van der Waals surface area contributed by atoms with Gasteiger partial charge in [-0.1, -0.05) is 48.5 Å². The van der Waals surface area contributed by atoms with Gasteiger partial charge in [-0.2, -0.15) is 0 Å². The first kappa shape index (κ1) is 15.3. The highest BCUT2D eigenvalue weighted by Gasteiger charge is 2.23. The van der Waals surface area contributed by atoms with Crippen molar-refractivity contribution in [3.05, 3.63) is 60.2 Å². The van der Waals surface area contributed by atoms with E-state index in [2.05, 4.69) is 4.72 Å². The molecule has 0 saturated carbocycles. The number of nitrogens with one attached hydrogen (secondary N) is 1. The van der Waals surface area contributed by atoms with Crippen LogP contribution in [0.15, 0.2) is 54.6 Å². The second kappa shape index (κ2) is 5.55. The molecule has 6 heteroatoms. The summed E-state index contributed by atoms with van der Waals surface area (Å²) in [7, 11) is -1.78. The highest BCUT2D eigenvalue weighted by molar-refractivity contribution is 7.89. The van der Waals surface area contributed by atoms with Crippen molar-refractivity contribution in [2.24, 2.45) is 7.05 Å². The van der Waals surface area contributed by atoms with Crippen molar-refractivity contribution in [2.75, 3.05) is 6.26 Å². The smallest absolute Gasteiger partial charge is 0.267 e. The Kier molecular flexibility index (Phi) is 3.69. The predicted molar refractivity (Wildman–Crippen MR) is 90.7 cm³/mol. The average Bonchev–Trinajstić information content (AvgIpc) is 2.80. The van der Waals surface area contributed by atoms with Gasteiger partial charge in [-0.15, -0.1) is 0 Å². The van der Waals surface area contributed by atoms with Gasteiger partial charge in [-0.05, 0) is 11.6 Å². The fourth-order valence-corrected chi connectivity index (χ4v) is 3.22. The van der Waals surface area contributed by atoms with E-state index in [0.717, 1.165) is 22.7 Å². The number of nitrogens with zero attached hydrogens (tertiary/aromatic N) is 1. The fourth-order valence-electron chi connectivity index (χ4n) is 2.78. The molecule has 1 N–H and O–H groups in total. The number of sulfonamides is 1. The number of fused-ring (bicyclic) bond motifs is 1. The summed E-state index contributed by atoms with van der Waals surface area (Å²) in [6, 6.07) is 16.9. The lowest BCUT2D eigenvalue weighted by atomic mass is 10.0. The molecule has 0 aliphatic carbocycles. The van der Waals surface area contributed by atoms with Gasteiger partial charge in [0.05, 0.1) is 17.5 Å². The van der Waals surface area contributed by atoms with Crippen LogP contribution in [0.25, 0.3) is 22.2 Å². The van der Waals surface area contributed by atoms with Gasteiger partial charge < -0.3 is 4.57 Å². The molecule has 3 rings (SSSR count). The summed E-state index contributed by atoms with van der Waals surface area (Å²) in [6.45, 7) is 0. The molecule has 0 aliphatic heterocycles. The lowest BCUT2D eigenvalue weighted by molar-refractivity contribution is 0.0984. The van der Waals surface area contributed by atoms with Gasteiger partial charge in [-0.3, -0.25) is 4.79 Å². The van der Waals surface area contributed by atoms with Crippen molar-refractivity contribution in [3.8, 4) is 11.3 Å². The Bertz CT molecular complexity index is 989. The van der Waals surface area contributed by atoms with E-state index in [1.165, 1.54) is 0 Å². The van der Waals surface area contributed by atoms with Crippen LogP contribution in [0.5, 0.6) is 0 Å². The first-order chi connectivity index (χ1) is 10.9. The number of aromatic nitrogens is 1. The standard InChI is InChI=1S/C17H16N2O3S/c1-19-14-11-7-6-10-13(14)15(17(20)18-23(2,21)22)16(19)12-8-4-3-5-9-12/h3-11H,1-2H3,(H,18,20). The fraction of sp³-hybridized carbons (Fsp3) is 0.118. The molecule has 0 aliphatic rings. The normalized spacial score (nSPS) is 11.6. The molecule has 0 spiro atoms. The minimum Gasteiger partial charge on any atom is -0.343 e. The van der Waals surface area contributed by atoms with Gasteiger partial charge in [0.25, 0.3) is 5.91 Å². The molecule has 1 aromatic heterocycles. The summed E-state index contributed by atoms with van der Waals surface area (Å²) in [5.74, 6) is -0.622. The van der Waals surface area contributed by atoms with Gasteiger partial charge in [0.15, 0.2) is 0 Å². The van der Waals surface area contributed by atoms with Crippen LogP contribution in [0.2, 0.25) is 0 Å². The summed E-state index contributed by atoms with van der Waals surface area (Å²) in [5.41, 5.74) is 2.77. The Labute approximate surface area is 134 Å². The first-order valence-electron chi connectivity index (χ1n) is 7.03. The second-order valence-electron chi connectivity index (χ2n) is 5.37. The summed E-state index contributed by atoms with van der Waals surface area (Å²) >= 11 is 0. The summed E-state index contributed by atoms with van der Waals surface area (Å²) in [6.07, 6.45) is 0.970. The Morgan fingerprint density at radius 3 is 2.26 bits per heavy atom. The topological polar surface area (TPSA) is 68.2 Å². The maximum absolute atomic E-state index is 12.6. The molecule has 2 aromatic carbocycles. The third-order valence-electron chi connectivity index (χ3n) is 3.66. The molecular weight excluding hydrogens is 312 g/mol. The van der Waals surface area contributed by atoms with Crippen LogP contribution in [-0.4, -0.2) is 25.1 Å². The van der Waals surface area contributed by atoms with E-state index in [1.54, 1.807) is 0 Å². The van der Waals surface area contributed by atoms with Crippen molar-refractivity contribution >= 4 is 26.8 Å². The maximum atomic E-state index is 12.6. The third-order valence-corrected chi connectivity index (χ3v) is 4.22. The van der Waals surface area contributed by atoms with Crippen molar-refractivity contribution in [2.45, 2.75) is 0 Å². The molecule has 118 valence electrons. The van der Waals surface area contributed by atoms with Crippen LogP contribution < -0.4 is 4.72 Å². The zero-order valence-corrected chi connectivity index (χ0v) is 13.6. The van der Waals surface area contributed by atoms with Gasteiger partial charge >= 0.3 is 0 Å². The highest BCUT2D eigenvalue weighted by atomic mass is 32.2. The number of amides is 1. The molecule has 3 aromatic rings. The SMILES string of the molecule is Cn1c(-c2ccccc2)c(C(=O)NS(C)(=O)=O)c2ccccc21. The number of benzene rings is 2. The van der Waals surface area contributed by atoms with E-state index in [9.17, 15) is 13.2 Å². The van der Waals surface area contributed by atoms with E-state index < -0.39 is 15.9 Å². The molecule has 5 nitrogen and oxygen atoms in total. The lowest BCUT2D eigenvalue weighted by Gasteiger charge is -2.08. The molecule has 1 heterocycles. The average molecular weight is 328 g/mol. The number of para-hydroxylation sites is 1. The largest absolute Gasteiger partial charge is 0.343 e. The molecule has 1 amide bonds. The van der Waals surface area contributed by atoms with Crippen LogP contribution >= 0.6 is 0 Å². The van der Waals surface area contributed by atoms with E-state index in [-0.39, 0.29) is 0 Å². The van der Waals surface area contributed by atoms with Crippen molar-refractivity contribution in [1.82, 2.24) is 9.29 Å². The number of carbonyl (C=O) groups excluding carboxylic acids is 1. The number of hydrogen-bond acceptors (Lipinski definition) is 3. The number of rotatable bonds is 3. The molecule has 0 fully saturated rings. The molecule has 0 unspecified atom stereocenters. The zero-order valence-electron chi connectivity index (χ0n) is 12.8. The number of aryl methyl sites for hydroxylation is 1. The van der Waals surface area contributed by atoms with Crippen LogP contribution in [0.1, 0.15) is 10.4 Å². The van der Waals surface area contributed by atoms with Crippen LogP contribution in [-0.2, 0) is 17.1 Å². The first-order valence-corrected chi connectivity index (χ1v) is 8.92. The number of hydrogen-bond donors (Lipinski definition) is 1. The zero-order chi connectivity index (χ0) is 16.6. The van der Waals surface area contributed by atoms with Crippen LogP contribution in [0, 0.1) is 0 Å². The number of carbonyl (C=O) groups is 1. The van der Waals surface area contributed by atoms with Gasteiger partial charge in [-0.25, -0.2) is 13.1 Å². The van der Waals surface area contributed by atoms with Crippen molar-refractivity contribution in [3.63, 3.8) is 0 Å². The van der Waals surface area contributed by atoms with E-state index in [0.29, 0.717) is 11.3 Å². The monoisotopic (exact) mass is 328 g/mol. The summed E-state index contributed by atoms with van der Waals surface area (Å²) in [5, 5.41) is 0.718. The van der Waals surface area contributed by atoms with Gasteiger partial charge in [0.2, 0.25) is 10.0 Å². The van der Waals surface area contributed by atoms with Crippen molar-refractivity contribution in [1.29, 1.82) is 0 Å². The summed E-state index contributed by atoms with van der Waals surface area (Å²) < 4.78 is 26.9. The highest BCUT2D eigenvalue weighted by Crippen LogP contribution is 2.32. The van der Waals surface area contributed by atoms with E-state index in [1.807, 2.05) is 66.2 Å². The van der Waals surface area contributed by atoms with Gasteiger partial charge in [0, 0.05) is 18.0 Å². The molecule has 0 bridgehead atoms. The summed E-state index contributed by atoms with van der Waals surface area (Å²) in [4.78, 5) is 12.6. The van der Waals surface area contributed by atoms with Crippen LogP contribution in [0.4, 0.5) is 0 Å². The third kappa shape index (κ3) is 2.85. The maximum Gasteiger partial charge on any atom is 0.267 e.